The fraction of sp³-hybridized carbons (Fsp3) is 0.0800. The van der Waals surface area contributed by atoms with E-state index in [1.807, 2.05) is 6.92 Å². The van der Waals surface area contributed by atoms with Gasteiger partial charge in [-0.1, -0.05) is 41.2 Å². The SMILES string of the molecule is Cc1ccc2oc3c(c(=O)c2c1)C(c1ccccc1F)N(c1nc2ccc(F)cc2s1)C3=O. The van der Waals surface area contributed by atoms with Crippen LogP contribution in [0.5, 0.6) is 0 Å². The van der Waals surface area contributed by atoms with Crippen molar-refractivity contribution in [2.24, 2.45) is 0 Å². The molecule has 1 aliphatic heterocycles. The smallest absolute Gasteiger partial charge is 0.297 e. The van der Waals surface area contributed by atoms with Crippen LogP contribution in [0.4, 0.5) is 13.9 Å². The van der Waals surface area contributed by atoms with E-state index < -0.39 is 29.0 Å². The number of anilines is 1. The maximum atomic E-state index is 15.0. The zero-order valence-corrected chi connectivity index (χ0v) is 18.0. The molecular weight excluding hydrogens is 446 g/mol. The average molecular weight is 460 g/mol. The minimum atomic E-state index is -1.07. The molecule has 0 saturated heterocycles. The van der Waals surface area contributed by atoms with Crippen molar-refractivity contribution < 1.29 is 18.0 Å². The highest BCUT2D eigenvalue weighted by Crippen LogP contribution is 2.44. The third kappa shape index (κ3) is 2.91. The number of fused-ring (bicyclic) bond motifs is 3. The highest BCUT2D eigenvalue weighted by molar-refractivity contribution is 7.22. The Balaban J connectivity index is 1.66. The van der Waals surface area contributed by atoms with Crippen molar-refractivity contribution >= 4 is 43.6 Å². The van der Waals surface area contributed by atoms with Gasteiger partial charge in [0.2, 0.25) is 5.76 Å². The lowest BCUT2D eigenvalue weighted by molar-refractivity contribution is 0.0971. The summed E-state index contributed by atoms with van der Waals surface area (Å²) in [5.74, 6) is -1.74. The Morgan fingerprint density at radius 3 is 2.67 bits per heavy atom. The van der Waals surface area contributed by atoms with Crippen LogP contribution in [-0.4, -0.2) is 10.9 Å². The zero-order valence-electron chi connectivity index (χ0n) is 17.1. The molecule has 3 heterocycles. The number of rotatable bonds is 2. The summed E-state index contributed by atoms with van der Waals surface area (Å²) in [6, 6.07) is 14.1. The van der Waals surface area contributed by atoms with Crippen molar-refractivity contribution in [1.29, 1.82) is 0 Å². The average Bonchev–Trinajstić information content (AvgIpc) is 3.33. The van der Waals surface area contributed by atoms with E-state index in [1.54, 1.807) is 24.3 Å². The van der Waals surface area contributed by atoms with Crippen molar-refractivity contribution in [2.75, 3.05) is 4.90 Å². The minimum Gasteiger partial charge on any atom is -0.450 e. The van der Waals surface area contributed by atoms with Gasteiger partial charge in [0.05, 0.1) is 21.2 Å². The molecule has 2 aromatic heterocycles. The second kappa shape index (κ2) is 7.05. The topological polar surface area (TPSA) is 63.4 Å². The summed E-state index contributed by atoms with van der Waals surface area (Å²) >= 11 is 1.09. The first-order chi connectivity index (χ1) is 15.9. The Kier molecular flexibility index (Phi) is 4.22. The van der Waals surface area contributed by atoms with Crippen molar-refractivity contribution in [3.63, 3.8) is 0 Å². The molecule has 162 valence electrons. The van der Waals surface area contributed by atoms with Gasteiger partial charge < -0.3 is 4.42 Å². The Labute approximate surface area is 189 Å². The van der Waals surface area contributed by atoms with Gasteiger partial charge in [0.1, 0.15) is 23.3 Å². The third-order valence-electron chi connectivity index (χ3n) is 5.77. The number of halogens is 2. The molecule has 1 atom stereocenters. The molecule has 6 rings (SSSR count). The van der Waals surface area contributed by atoms with E-state index in [0.717, 1.165) is 16.9 Å². The molecule has 8 heteroatoms. The summed E-state index contributed by atoms with van der Waals surface area (Å²) < 4.78 is 35.1. The van der Waals surface area contributed by atoms with E-state index in [2.05, 4.69) is 4.98 Å². The Morgan fingerprint density at radius 1 is 1.03 bits per heavy atom. The van der Waals surface area contributed by atoms with Gasteiger partial charge in [0.25, 0.3) is 5.91 Å². The molecule has 0 spiro atoms. The Bertz CT molecular complexity index is 1670. The van der Waals surface area contributed by atoms with Crippen molar-refractivity contribution in [3.8, 4) is 0 Å². The van der Waals surface area contributed by atoms with Gasteiger partial charge in [-0.15, -0.1) is 0 Å². The molecule has 0 bridgehead atoms. The summed E-state index contributed by atoms with van der Waals surface area (Å²) in [6.45, 7) is 1.85. The van der Waals surface area contributed by atoms with Crippen LogP contribution in [-0.2, 0) is 0 Å². The number of benzene rings is 3. The van der Waals surface area contributed by atoms with Crippen LogP contribution < -0.4 is 10.3 Å². The Morgan fingerprint density at radius 2 is 1.85 bits per heavy atom. The number of amides is 1. The number of carbonyl (C=O) groups excluding carboxylic acids is 1. The summed E-state index contributed by atoms with van der Waals surface area (Å²) in [4.78, 5) is 32.9. The second-order valence-electron chi connectivity index (χ2n) is 7.88. The zero-order chi connectivity index (χ0) is 22.9. The number of hydrogen-bond donors (Lipinski definition) is 0. The van der Waals surface area contributed by atoms with Crippen molar-refractivity contribution in [1.82, 2.24) is 4.98 Å². The van der Waals surface area contributed by atoms with Crippen LogP contribution >= 0.6 is 11.3 Å². The van der Waals surface area contributed by atoms with Crippen molar-refractivity contribution in [2.45, 2.75) is 13.0 Å². The fourth-order valence-electron chi connectivity index (χ4n) is 4.26. The van der Waals surface area contributed by atoms with Gasteiger partial charge in [-0.05, 0) is 43.3 Å². The number of thiazole rings is 1. The summed E-state index contributed by atoms with van der Waals surface area (Å²) in [7, 11) is 0. The van der Waals surface area contributed by atoms with Gasteiger partial charge in [0, 0.05) is 5.56 Å². The molecule has 0 radical (unpaired) electrons. The fourth-order valence-corrected chi connectivity index (χ4v) is 5.28. The molecule has 0 N–H and O–H groups in total. The van der Waals surface area contributed by atoms with Crippen LogP contribution in [0.1, 0.15) is 33.3 Å². The van der Waals surface area contributed by atoms with E-state index in [0.29, 0.717) is 15.6 Å². The standard InChI is InChI=1S/C25H14F2N2O3S/c1-12-6-9-18-15(10-12)22(30)20-21(14-4-2-3-5-16(14)27)29(24(31)23(20)32-18)25-28-17-8-7-13(26)11-19(17)33-25/h2-11,21H,1H3. The summed E-state index contributed by atoms with van der Waals surface area (Å²) in [5.41, 5.74) is 1.44. The molecule has 0 aliphatic carbocycles. The van der Waals surface area contributed by atoms with E-state index >= 15 is 0 Å². The first kappa shape index (κ1) is 19.8. The maximum absolute atomic E-state index is 15.0. The predicted octanol–water partition coefficient (Wildman–Crippen LogP) is 5.74. The largest absolute Gasteiger partial charge is 0.450 e. The lowest BCUT2D eigenvalue weighted by Crippen LogP contribution is -2.30. The first-order valence-electron chi connectivity index (χ1n) is 10.1. The molecule has 1 amide bonds. The van der Waals surface area contributed by atoms with Gasteiger partial charge in [-0.3, -0.25) is 14.5 Å². The number of hydrogen-bond acceptors (Lipinski definition) is 5. The summed E-state index contributed by atoms with van der Waals surface area (Å²) in [6.07, 6.45) is 0. The van der Waals surface area contributed by atoms with Crippen LogP contribution in [0.3, 0.4) is 0 Å². The normalized spacial score (nSPS) is 15.5. The Hall–Kier alpha value is -3.91. The molecule has 5 aromatic rings. The molecule has 3 aromatic carbocycles. The van der Waals surface area contributed by atoms with Gasteiger partial charge in [-0.25, -0.2) is 13.8 Å². The lowest BCUT2D eigenvalue weighted by atomic mass is 9.98. The highest BCUT2D eigenvalue weighted by Gasteiger charge is 2.45. The van der Waals surface area contributed by atoms with Gasteiger partial charge in [0.15, 0.2) is 10.6 Å². The van der Waals surface area contributed by atoms with Gasteiger partial charge >= 0.3 is 0 Å². The number of nitrogens with zero attached hydrogens (tertiary/aromatic N) is 2. The predicted molar refractivity (Wildman–Crippen MR) is 122 cm³/mol. The van der Waals surface area contributed by atoms with Crippen LogP contribution in [0, 0.1) is 18.6 Å². The van der Waals surface area contributed by atoms with Crippen molar-refractivity contribution in [3.05, 3.63) is 105 Å². The maximum Gasteiger partial charge on any atom is 0.297 e. The molecule has 0 fully saturated rings. The van der Waals surface area contributed by atoms with Gasteiger partial charge in [-0.2, -0.15) is 0 Å². The highest BCUT2D eigenvalue weighted by atomic mass is 32.1. The number of carbonyl (C=O) groups is 1. The van der Waals surface area contributed by atoms with Crippen LogP contribution in [0.25, 0.3) is 21.2 Å². The molecule has 5 nitrogen and oxygen atoms in total. The molecule has 33 heavy (non-hydrogen) atoms. The summed E-state index contributed by atoms with van der Waals surface area (Å²) in [5, 5.41) is 0.538. The first-order valence-corrected chi connectivity index (χ1v) is 11.0. The third-order valence-corrected chi connectivity index (χ3v) is 6.79. The van der Waals surface area contributed by atoms with E-state index in [1.165, 1.54) is 41.3 Å². The molecule has 1 aliphatic rings. The molecule has 0 saturated carbocycles. The molecule has 1 unspecified atom stereocenters. The number of aromatic nitrogens is 1. The lowest BCUT2D eigenvalue weighted by Gasteiger charge is -2.22. The van der Waals surface area contributed by atoms with Crippen LogP contribution in [0.2, 0.25) is 0 Å². The van der Waals surface area contributed by atoms with Crippen LogP contribution in [0.15, 0.2) is 69.9 Å². The molecular formula is C25H14F2N2O3S. The van der Waals surface area contributed by atoms with E-state index in [9.17, 15) is 18.4 Å². The monoisotopic (exact) mass is 460 g/mol. The number of aryl methyl sites for hydroxylation is 1. The minimum absolute atomic E-state index is 0.0636. The van der Waals surface area contributed by atoms with E-state index in [-0.39, 0.29) is 27.6 Å². The second-order valence-corrected chi connectivity index (χ2v) is 8.89. The van der Waals surface area contributed by atoms with E-state index in [4.69, 9.17) is 4.42 Å². The quantitative estimate of drug-likeness (QED) is 0.337.